The van der Waals surface area contributed by atoms with E-state index in [1.807, 2.05) is 0 Å². The Hall–Kier alpha value is -1.01. The van der Waals surface area contributed by atoms with Crippen LogP contribution >= 0.6 is 11.6 Å². The Labute approximate surface area is 102 Å². The van der Waals surface area contributed by atoms with Gasteiger partial charge in [-0.3, -0.25) is 0 Å². The molecule has 0 aliphatic carbocycles. The number of aromatic nitrogens is 1. The molecule has 0 fully saturated rings. The van der Waals surface area contributed by atoms with Gasteiger partial charge in [0.15, 0.2) is 0 Å². The van der Waals surface area contributed by atoms with Crippen molar-refractivity contribution in [1.82, 2.24) is 4.98 Å². The topological polar surface area (TPSA) is 45.1 Å². The van der Waals surface area contributed by atoms with E-state index in [0.29, 0.717) is 6.42 Å². The van der Waals surface area contributed by atoms with Crippen LogP contribution in [0.1, 0.15) is 18.9 Å². The average molecular weight is 269 g/mol. The zero-order chi connectivity index (χ0) is 13.1. The standard InChI is InChI=1S/C10H12ClF3N2O/c1-2-7(5-17)15-9-4-6(10(12,13)14)3-8(11)16-9/h3-4,7,17H,2,5H2,1H3,(H,15,16). The van der Waals surface area contributed by atoms with Gasteiger partial charge < -0.3 is 10.4 Å². The summed E-state index contributed by atoms with van der Waals surface area (Å²) in [4.78, 5) is 3.73. The highest BCUT2D eigenvalue weighted by molar-refractivity contribution is 6.29. The molecule has 1 atom stereocenters. The molecule has 1 unspecified atom stereocenters. The zero-order valence-corrected chi connectivity index (χ0v) is 9.81. The fraction of sp³-hybridized carbons (Fsp3) is 0.500. The van der Waals surface area contributed by atoms with Crippen molar-refractivity contribution in [1.29, 1.82) is 0 Å². The van der Waals surface area contributed by atoms with Gasteiger partial charge in [-0.2, -0.15) is 13.2 Å². The van der Waals surface area contributed by atoms with Crippen LogP contribution in [0.3, 0.4) is 0 Å². The summed E-state index contributed by atoms with van der Waals surface area (Å²) >= 11 is 5.51. The van der Waals surface area contributed by atoms with Gasteiger partial charge in [-0.25, -0.2) is 4.98 Å². The number of aliphatic hydroxyl groups is 1. The average Bonchev–Trinajstić information content (AvgIpc) is 2.24. The number of hydrogen-bond acceptors (Lipinski definition) is 3. The number of pyridine rings is 1. The Morgan fingerprint density at radius 1 is 1.47 bits per heavy atom. The molecule has 0 bridgehead atoms. The van der Waals surface area contributed by atoms with Crippen molar-refractivity contribution in [2.45, 2.75) is 25.6 Å². The molecule has 0 aromatic carbocycles. The molecule has 2 N–H and O–H groups in total. The number of nitrogens with zero attached hydrogens (tertiary/aromatic N) is 1. The van der Waals surface area contributed by atoms with E-state index in [0.717, 1.165) is 12.1 Å². The molecule has 0 aliphatic heterocycles. The lowest BCUT2D eigenvalue weighted by Gasteiger charge is -2.16. The van der Waals surface area contributed by atoms with Crippen LogP contribution in [0.2, 0.25) is 5.15 Å². The molecule has 0 spiro atoms. The van der Waals surface area contributed by atoms with Gasteiger partial charge in [0.05, 0.1) is 18.2 Å². The number of nitrogens with one attached hydrogen (secondary N) is 1. The predicted octanol–water partition coefficient (Wildman–Crippen LogP) is 2.94. The van der Waals surface area contributed by atoms with E-state index in [9.17, 15) is 13.2 Å². The van der Waals surface area contributed by atoms with Crippen LogP contribution in [0.5, 0.6) is 0 Å². The molecule has 1 rings (SSSR count). The Morgan fingerprint density at radius 2 is 2.12 bits per heavy atom. The van der Waals surface area contributed by atoms with Crippen molar-refractivity contribution < 1.29 is 18.3 Å². The number of rotatable bonds is 4. The highest BCUT2D eigenvalue weighted by Gasteiger charge is 2.31. The van der Waals surface area contributed by atoms with E-state index in [1.165, 1.54) is 0 Å². The molecule has 0 amide bonds. The molecule has 0 saturated carbocycles. The van der Waals surface area contributed by atoms with Gasteiger partial charge in [0.25, 0.3) is 0 Å². The highest BCUT2D eigenvalue weighted by Crippen LogP contribution is 2.32. The second-order valence-electron chi connectivity index (χ2n) is 3.49. The summed E-state index contributed by atoms with van der Waals surface area (Å²) in [6, 6.07) is 1.28. The maximum atomic E-state index is 12.5. The van der Waals surface area contributed by atoms with Crippen molar-refractivity contribution in [2.24, 2.45) is 0 Å². The maximum absolute atomic E-state index is 12.5. The van der Waals surface area contributed by atoms with Crippen molar-refractivity contribution in [3.05, 3.63) is 22.8 Å². The van der Waals surface area contributed by atoms with E-state index in [4.69, 9.17) is 16.7 Å². The molecular formula is C10H12ClF3N2O. The first-order chi connectivity index (χ1) is 7.86. The monoisotopic (exact) mass is 268 g/mol. The molecule has 96 valence electrons. The van der Waals surface area contributed by atoms with Gasteiger partial charge in [-0.15, -0.1) is 0 Å². The maximum Gasteiger partial charge on any atom is 0.416 e. The van der Waals surface area contributed by atoms with Crippen LogP contribution in [0.25, 0.3) is 0 Å². The minimum Gasteiger partial charge on any atom is -0.394 e. The molecule has 0 saturated heterocycles. The Kier molecular flexibility index (Phi) is 4.59. The van der Waals surface area contributed by atoms with Crippen LogP contribution in [-0.2, 0) is 6.18 Å². The SMILES string of the molecule is CCC(CO)Nc1cc(C(F)(F)F)cc(Cl)n1. The fourth-order valence-corrected chi connectivity index (χ4v) is 1.43. The first-order valence-corrected chi connectivity index (χ1v) is 5.36. The van der Waals surface area contributed by atoms with E-state index in [2.05, 4.69) is 10.3 Å². The molecule has 1 aromatic rings. The van der Waals surface area contributed by atoms with Crippen LogP contribution < -0.4 is 5.32 Å². The quantitative estimate of drug-likeness (QED) is 0.826. The van der Waals surface area contributed by atoms with Crippen LogP contribution in [0.15, 0.2) is 12.1 Å². The van der Waals surface area contributed by atoms with Gasteiger partial charge >= 0.3 is 6.18 Å². The van der Waals surface area contributed by atoms with Crippen molar-refractivity contribution in [2.75, 3.05) is 11.9 Å². The molecular weight excluding hydrogens is 257 g/mol. The van der Waals surface area contributed by atoms with Gasteiger partial charge in [0.1, 0.15) is 11.0 Å². The second kappa shape index (κ2) is 5.55. The number of aliphatic hydroxyl groups excluding tert-OH is 1. The van der Waals surface area contributed by atoms with Gasteiger partial charge in [0.2, 0.25) is 0 Å². The Morgan fingerprint density at radius 3 is 2.59 bits per heavy atom. The molecule has 3 nitrogen and oxygen atoms in total. The third-order valence-electron chi connectivity index (χ3n) is 2.19. The third-order valence-corrected chi connectivity index (χ3v) is 2.38. The van der Waals surface area contributed by atoms with E-state index in [1.54, 1.807) is 6.92 Å². The number of hydrogen-bond donors (Lipinski definition) is 2. The lowest BCUT2D eigenvalue weighted by molar-refractivity contribution is -0.137. The first kappa shape index (κ1) is 14.1. The van der Waals surface area contributed by atoms with Crippen molar-refractivity contribution >= 4 is 17.4 Å². The van der Waals surface area contributed by atoms with Gasteiger partial charge in [0, 0.05) is 0 Å². The predicted molar refractivity (Wildman–Crippen MR) is 59.0 cm³/mol. The second-order valence-corrected chi connectivity index (χ2v) is 3.88. The van der Waals surface area contributed by atoms with Gasteiger partial charge in [-0.05, 0) is 18.6 Å². The summed E-state index contributed by atoms with van der Waals surface area (Å²) in [6.07, 6.45) is -3.91. The summed E-state index contributed by atoms with van der Waals surface area (Å²) in [5.74, 6) is 0.00530. The Balaban J connectivity index is 2.97. The van der Waals surface area contributed by atoms with E-state index >= 15 is 0 Å². The highest BCUT2D eigenvalue weighted by atomic mass is 35.5. The van der Waals surface area contributed by atoms with Crippen LogP contribution in [0.4, 0.5) is 19.0 Å². The molecule has 1 aromatic heterocycles. The van der Waals surface area contributed by atoms with Crippen molar-refractivity contribution in [3.8, 4) is 0 Å². The van der Waals surface area contributed by atoms with Crippen molar-refractivity contribution in [3.63, 3.8) is 0 Å². The molecule has 17 heavy (non-hydrogen) atoms. The molecule has 0 aliphatic rings. The fourth-order valence-electron chi connectivity index (χ4n) is 1.22. The summed E-state index contributed by atoms with van der Waals surface area (Å²) in [5.41, 5.74) is -0.868. The minimum atomic E-state index is -4.47. The summed E-state index contributed by atoms with van der Waals surface area (Å²) in [7, 11) is 0. The normalized spacial score (nSPS) is 13.5. The van der Waals surface area contributed by atoms with E-state index < -0.39 is 11.7 Å². The lowest BCUT2D eigenvalue weighted by atomic mass is 10.2. The largest absolute Gasteiger partial charge is 0.416 e. The Bertz CT molecular complexity index is 380. The molecule has 7 heteroatoms. The number of anilines is 1. The summed E-state index contributed by atoms with van der Waals surface area (Å²) in [5, 5.41) is 11.4. The lowest BCUT2D eigenvalue weighted by Crippen LogP contribution is -2.23. The third kappa shape index (κ3) is 4.05. The van der Waals surface area contributed by atoms with E-state index in [-0.39, 0.29) is 23.6 Å². The number of halogens is 4. The van der Waals surface area contributed by atoms with Crippen LogP contribution in [0, 0.1) is 0 Å². The summed E-state index contributed by atoms with van der Waals surface area (Å²) < 4.78 is 37.5. The number of alkyl halides is 3. The van der Waals surface area contributed by atoms with Crippen LogP contribution in [-0.4, -0.2) is 22.7 Å². The minimum absolute atomic E-state index is 0.00530. The first-order valence-electron chi connectivity index (χ1n) is 4.99. The molecule has 0 radical (unpaired) electrons. The van der Waals surface area contributed by atoms with Gasteiger partial charge in [-0.1, -0.05) is 18.5 Å². The summed E-state index contributed by atoms with van der Waals surface area (Å²) in [6.45, 7) is 1.61. The molecule has 1 heterocycles. The smallest absolute Gasteiger partial charge is 0.394 e. The zero-order valence-electron chi connectivity index (χ0n) is 9.05.